The van der Waals surface area contributed by atoms with Crippen molar-refractivity contribution in [3.05, 3.63) is 89.7 Å². The average Bonchev–Trinajstić information content (AvgIpc) is 3.33. The number of carbonyl (C=O) groups excluding carboxylic acids is 1. The van der Waals surface area contributed by atoms with Crippen LogP contribution in [-0.4, -0.2) is 20.7 Å². The van der Waals surface area contributed by atoms with Crippen molar-refractivity contribution >= 4 is 22.9 Å². The first-order valence-electron chi connectivity index (χ1n) is 8.16. The van der Waals surface area contributed by atoms with Crippen LogP contribution in [0.2, 0.25) is 0 Å². The van der Waals surface area contributed by atoms with Crippen molar-refractivity contribution in [2.75, 3.05) is 5.32 Å². The van der Waals surface area contributed by atoms with Crippen LogP contribution in [0.25, 0.3) is 10.6 Å². The predicted octanol–water partition coefficient (Wildman–Crippen LogP) is 4.31. The SMILES string of the molecule is O=C(Nc1cccnc1)c1cn(Cc2ccccc2)nc1-c1cccs1. The Bertz CT molecular complexity index is 995. The fourth-order valence-electron chi connectivity index (χ4n) is 2.67. The van der Waals surface area contributed by atoms with Gasteiger partial charge in [-0.05, 0) is 29.1 Å². The minimum Gasteiger partial charge on any atom is -0.320 e. The van der Waals surface area contributed by atoms with Gasteiger partial charge in [0.15, 0.2) is 0 Å². The van der Waals surface area contributed by atoms with Crippen molar-refractivity contribution in [3.8, 4) is 10.6 Å². The number of pyridine rings is 1. The van der Waals surface area contributed by atoms with E-state index < -0.39 is 0 Å². The molecule has 0 bridgehead atoms. The molecule has 1 N–H and O–H groups in total. The van der Waals surface area contributed by atoms with Gasteiger partial charge in [0.1, 0.15) is 5.69 Å². The van der Waals surface area contributed by atoms with E-state index in [0.717, 1.165) is 10.4 Å². The van der Waals surface area contributed by atoms with Crippen LogP contribution in [0, 0.1) is 0 Å². The lowest BCUT2D eigenvalue weighted by Gasteiger charge is -2.03. The van der Waals surface area contributed by atoms with Crippen LogP contribution in [0.4, 0.5) is 5.69 Å². The molecule has 1 aromatic carbocycles. The molecule has 6 heteroatoms. The van der Waals surface area contributed by atoms with E-state index >= 15 is 0 Å². The third-order valence-electron chi connectivity index (χ3n) is 3.87. The summed E-state index contributed by atoms with van der Waals surface area (Å²) in [7, 11) is 0. The Labute approximate surface area is 155 Å². The van der Waals surface area contributed by atoms with E-state index in [4.69, 9.17) is 0 Å². The Balaban J connectivity index is 1.66. The first-order chi connectivity index (χ1) is 12.8. The minimum absolute atomic E-state index is 0.194. The summed E-state index contributed by atoms with van der Waals surface area (Å²) in [4.78, 5) is 17.8. The monoisotopic (exact) mass is 360 g/mol. The lowest BCUT2D eigenvalue weighted by atomic mass is 10.2. The number of anilines is 1. The molecule has 4 rings (SSSR count). The molecule has 0 aliphatic rings. The second kappa shape index (κ2) is 7.33. The highest BCUT2D eigenvalue weighted by molar-refractivity contribution is 7.13. The fraction of sp³-hybridized carbons (Fsp3) is 0.0500. The van der Waals surface area contributed by atoms with Crippen molar-refractivity contribution in [2.45, 2.75) is 6.54 Å². The summed E-state index contributed by atoms with van der Waals surface area (Å²) in [6.07, 6.45) is 5.09. The number of amides is 1. The van der Waals surface area contributed by atoms with Gasteiger partial charge in [0.25, 0.3) is 5.91 Å². The second-order valence-corrected chi connectivity index (χ2v) is 6.70. The molecule has 0 radical (unpaired) electrons. The van der Waals surface area contributed by atoms with Crippen LogP contribution in [0.3, 0.4) is 0 Å². The van der Waals surface area contributed by atoms with E-state index in [-0.39, 0.29) is 5.91 Å². The van der Waals surface area contributed by atoms with Gasteiger partial charge in [0.2, 0.25) is 0 Å². The first kappa shape index (κ1) is 16.2. The molecule has 128 valence electrons. The zero-order chi connectivity index (χ0) is 17.8. The molecule has 0 spiro atoms. The summed E-state index contributed by atoms with van der Waals surface area (Å²) < 4.78 is 1.81. The molecule has 0 aliphatic carbocycles. The second-order valence-electron chi connectivity index (χ2n) is 5.75. The number of nitrogens with one attached hydrogen (secondary N) is 1. The number of carbonyl (C=O) groups is 1. The number of aromatic nitrogens is 3. The topological polar surface area (TPSA) is 59.8 Å². The van der Waals surface area contributed by atoms with Gasteiger partial charge in [0, 0.05) is 12.4 Å². The van der Waals surface area contributed by atoms with Crippen molar-refractivity contribution in [3.63, 3.8) is 0 Å². The molecule has 3 heterocycles. The summed E-state index contributed by atoms with van der Waals surface area (Å²) in [5.74, 6) is -0.194. The maximum Gasteiger partial charge on any atom is 0.259 e. The van der Waals surface area contributed by atoms with Crippen molar-refractivity contribution < 1.29 is 4.79 Å². The number of nitrogens with zero attached hydrogens (tertiary/aromatic N) is 3. The summed E-state index contributed by atoms with van der Waals surface area (Å²) in [6.45, 7) is 0.611. The smallest absolute Gasteiger partial charge is 0.259 e. The van der Waals surface area contributed by atoms with Crippen LogP contribution in [0.1, 0.15) is 15.9 Å². The number of hydrogen-bond acceptors (Lipinski definition) is 4. The van der Waals surface area contributed by atoms with Gasteiger partial charge in [-0.3, -0.25) is 14.5 Å². The molecule has 4 aromatic rings. The van der Waals surface area contributed by atoms with Gasteiger partial charge in [-0.25, -0.2) is 0 Å². The molecule has 0 fully saturated rings. The summed E-state index contributed by atoms with van der Waals surface area (Å²) in [5, 5.41) is 9.53. The zero-order valence-corrected chi connectivity index (χ0v) is 14.7. The Morgan fingerprint density at radius 1 is 1.08 bits per heavy atom. The molecular formula is C20H16N4OS. The Morgan fingerprint density at radius 3 is 2.69 bits per heavy atom. The summed E-state index contributed by atoms with van der Waals surface area (Å²) in [5.41, 5.74) is 3.03. The molecule has 0 saturated heterocycles. The molecule has 3 aromatic heterocycles. The summed E-state index contributed by atoms with van der Waals surface area (Å²) >= 11 is 1.57. The van der Waals surface area contributed by atoms with E-state index in [1.54, 1.807) is 36.0 Å². The van der Waals surface area contributed by atoms with Crippen molar-refractivity contribution in [1.82, 2.24) is 14.8 Å². The van der Waals surface area contributed by atoms with Gasteiger partial charge < -0.3 is 5.32 Å². The third-order valence-corrected chi connectivity index (χ3v) is 4.74. The van der Waals surface area contributed by atoms with Gasteiger partial charge >= 0.3 is 0 Å². The number of thiophene rings is 1. The van der Waals surface area contributed by atoms with Gasteiger partial charge in [-0.15, -0.1) is 11.3 Å². The van der Waals surface area contributed by atoms with Crippen molar-refractivity contribution in [2.24, 2.45) is 0 Å². The number of benzene rings is 1. The van der Waals surface area contributed by atoms with Crippen LogP contribution in [0.15, 0.2) is 78.6 Å². The molecular weight excluding hydrogens is 344 g/mol. The van der Waals surface area contributed by atoms with Gasteiger partial charge in [-0.2, -0.15) is 5.10 Å². The fourth-order valence-corrected chi connectivity index (χ4v) is 3.39. The maximum atomic E-state index is 12.8. The standard InChI is InChI=1S/C20H16N4OS/c25-20(22-16-8-4-10-21-12-16)17-14-24(13-15-6-2-1-3-7-15)23-19(17)18-9-5-11-26-18/h1-12,14H,13H2,(H,22,25). The summed E-state index contributed by atoms with van der Waals surface area (Å²) in [6, 6.07) is 17.6. The van der Waals surface area contributed by atoms with E-state index in [2.05, 4.69) is 15.4 Å². The zero-order valence-electron chi connectivity index (χ0n) is 13.9. The molecule has 0 aliphatic heterocycles. The lowest BCUT2D eigenvalue weighted by Crippen LogP contribution is -2.12. The Morgan fingerprint density at radius 2 is 1.96 bits per heavy atom. The highest BCUT2D eigenvalue weighted by atomic mass is 32.1. The normalized spacial score (nSPS) is 10.6. The molecule has 0 saturated carbocycles. The van der Waals surface area contributed by atoms with Gasteiger partial charge in [-0.1, -0.05) is 36.4 Å². The molecule has 1 amide bonds. The molecule has 5 nitrogen and oxygen atoms in total. The number of rotatable bonds is 5. The molecule has 0 unspecified atom stereocenters. The van der Waals surface area contributed by atoms with Crippen LogP contribution >= 0.6 is 11.3 Å². The van der Waals surface area contributed by atoms with Crippen LogP contribution < -0.4 is 5.32 Å². The first-order valence-corrected chi connectivity index (χ1v) is 9.04. The van der Waals surface area contributed by atoms with E-state index in [9.17, 15) is 4.79 Å². The van der Waals surface area contributed by atoms with E-state index in [1.165, 1.54) is 0 Å². The lowest BCUT2D eigenvalue weighted by molar-refractivity contribution is 0.102. The van der Waals surface area contributed by atoms with E-state index in [0.29, 0.717) is 23.5 Å². The third kappa shape index (κ3) is 3.55. The minimum atomic E-state index is -0.194. The van der Waals surface area contributed by atoms with E-state index in [1.807, 2.05) is 58.6 Å². The van der Waals surface area contributed by atoms with Gasteiger partial charge in [0.05, 0.1) is 28.9 Å². The van der Waals surface area contributed by atoms with Crippen molar-refractivity contribution in [1.29, 1.82) is 0 Å². The number of hydrogen-bond donors (Lipinski definition) is 1. The highest BCUT2D eigenvalue weighted by Gasteiger charge is 2.19. The maximum absolute atomic E-state index is 12.8. The Hall–Kier alpha value is -3.25. The quantitative estimate of drug-likeness (QED) is 0.577. The molecule has 0 atom stereocenters. The van der Waals surface area contributed by atoms with Crippen LogP contribution in [0.5, 0.6) is 0 Å². The highest BCUT2D eigenvalue weighted by Crippen LogP contribution is 2.27. The van der Waals surface area contributed by atoms with Crippen LogP contribution in [-0.2, 0) is 6.54 Å². The predicted molar refractivity (Wildman–Crippen MR) is 103 cm³/mol. The largest absolute Gasteiger partial charge is 0.320 e. The molecule has 26 heavy (non-hydrogen) atoms. The average molecular weight is 360 g/mol. The Kier molecular flexibility index (Phi) is 4.57.